The van der Waals surface area contributed by atoms with E-state index in [9.17, 15) is 8.78 Å². The van der Waals surface area contributed by atoms with Crippen LogP contribution >= 0.6 is 0 Å². The number of nitrogens with one attached hydrogen (secondary N) is 1. The van der Waals surface area contributed by atoms with Gasteiger partial charge in [0.25, 0.3) is 0 Å². The van der Waals surface area contributed by atoms with Crippen LogP contribution in [0.5, 0.6) is 0 Å². The molecule has 1 aromatic carbocycles. The van der Waals surface area contributed by atoms with E-state index < -0.39 is 11.6 Å². The Kier molecular flexibility index (Phi) is 4.49. The lowest BCUT2D eigenvalue weighted by atomic mass is 10.1. The van der Waals surface area contributed by atoms with Crippen molar-refractivity contribution in [1.29, 1.82) is 0 Å². The van der Waals surface area contributed by atoms with Crippen LogP contribution in [0.25, 0.3) is 0 Å². The third kappa shape index (κ3) is 3.42. The molecule has 0 aliphatic heterocycles. The first-order valence-corrected chi connectivity index (χ1v) is 6.65. The lowest BCUT2D eigenvalue weighted by Gasteiger charge is -2.22. The van der Waals surface area contributed by atoms with Crippen LogP contribution in [0.2, 0.25) is 0 Å². The van der Waals surface area contributed by atoms with Crippen LogP contribution in [0.3, 0.4) is 0 Å². The molecule has 1 N–H and O–H groups in total. The van der Waals surface area contributed by atoms with Crippen molar-refractivity contribution < 1.29 is 8.78 Å². The molecule has 1 aromatic heterocycles. The van der Waals surface area contributed by atoms with Crippen LogP contribution in [0.4, 0.5) is 8.78 Å². The zero-order chi connectivity index (χ0) is 14.7. The predicted octanol–water partition coefficient (Wildman–Crippen LogP) is 3.21. The topological polar surface area (TPSA) is 29.9 Å². The van der Waals surface area contributed by atoms with Crippen molar-refractivity contribution in [2.45, 2.75) is 39.4 Å². The van der Waals surface area contributed by atoms with E-state index in [4.69, 9.17) is 0 Å². The molecule has 2 aromatic rings. The van der Waals surface area contributed by atoms with Gasteiger partial charge < -0.3 is 5.32 Å². The second kappa shape index (κ2) is 6.13. The van der Waals surface area contributed by atoms with Crippen LogP contribution in [0.15, 0.2) is 30.6 Å². The lowest BCUT2D eigenvalue weighted by Crippen LogP contribution is -2.33. The molecule has 0 aliphatic carbocycles. The van der Waals surface area contributed by atoms with Crippen molar-refractivity contribution in [3.63, 3.8) is 0 Å². The first-order chi connectivity index (χ1) is 9.47. The maximum Gasteiger partial charge on any atom is 0.159 e. The van der Waals surface area contributed by atoms with Gasteiger partial charge in [0.05, 0.1) is 12.2 Å². The molecule has 0 fully saturated rings. The zero-order valence-corrected chi connectivity index (χ0v) is 11.9. The Morgan fingerprint density at radius 1 is 1.25 bits per heavy atom. The summed E-state index contributed by atoms with van der Waals surface area (Å²) < 4.78 is 27.9. The number of aryl methyl sites for hydroxylation is 1. The minimum atomic E-state index is -0.817. The fourth-order valence-corrected chi connectivity index (χ4v) is 1.98. The summed E-state index contributed by atoms with van der Waals surface area (Å²) in [4.78, 5) is 0. The summed E-state index contributed by atoms with van der Waals surface area (Å²) in [5.41, 5.74) is 1.84. The summed E-state index contributed by atoms with van der Waals surface area (Å²) in [5, 5.41) is 7.59. The van der Waals surface area contributed by atoms with Crippen molar-refractivity contribution in [1.82, 2.24) is 15.1 Å². The van der Waals surface area contributed by atoms with Crippen LogP contribution in [0, 0.1) is 18.6 Å². The molecular formula is C15H19F2N3. The lowest BCUT2D eigenvalue weighted by molar-refractivity contribution is 0.364. The van der Waals surface area contributed by atoms with E-state index >= 15 is 0 Å². The number of benzene rings is 1. The molecule has 0 saturated heterocycles. The van der Waals surface area contributed by atoms with Gasteiger partial charge in [0, 0.05) is 18.8 Å². The van der Waals surface area contributed by atoms with Gasteiger partial charge in [0.15, 0.2) is 11.6 Å². The van der Waals surface area contributed by atoms with E-state index in [0.717, 1.165) is 17.2 Å². The van der Waals surface area contributed by atoms with E-state index in [2.05, 4.69) is 17.3 Å². The molecule has 108 valence electrons. The van der Waals surface area contributed by atoms with Gasteiger partial charge in [0.2, 0.25) is 0 Å². The molecular weight excluding hydrogens is 260 g/mol. The highest BCUT2D eigenvalue weighted by Crippen LogP contribution is 2.13. The second-order valence-corrected chi connectivity index (χ2v) is 5.16. The van der Waals surface area contributed by atoms with Crippen molar-refractivity contribution in [3.8, 4) is 0 Å². The molecule has 2 atom stereocenters. The first kappa shape index (κ1) is 14.7. The highest BCUT2D eigenvalue weighted by molar-refractivity contribution is 5.17. The quantitative estimate of drug-likeness (QED) is 0.910. The van der Waals surface area contributed by atoms with Crippen molar-refractivity contribution in [3.05, 3.63) is 53.4 Å². The van der Waals surface area contributed by atoms with Gasteiger partial charge in [-0.05, 0) is 44.0 Å². The average Bonchev–Trinajstić information content (AvgIpc) is 2.85. The standard InChI is InChI=1S/C15H19F2N3/c1-10-7-19-20(9-10)12(3)11(2)18-8-13-4-5-14(16)15(17)6-13/h4-7,9,11-12,18H,8H2,1-3H3. The minimum Gasteiger partial charge on any atom is -0.308 e. The van der Waals surface area contributed by atoms with Crippen LogP contribution in [-0.4, -0.2) is 15.8 Å². The van der Waals surface area contributed by atoms with E-state index in [0.29, 0.717) is 6.54 Å². The largest absolute Gasteiger partial charge is 0.308 e. The Hall–Kier alpha value is -1.75. The van der Waals surface area contributed by atoms with Crippen LogP contribution in [-0.2, 0) is 6.54 Å². The van der Waals surface area contributed by atoms with Gasteiger partial charge >= 0.3 is 0 Å². The molecule has 5 heteroatoms. The third-order valence-electron chi connectivity index (χ3n) is 3.48. The van der Waals surface area contributed by atoms with Crippen molar-refractivity contribution in [2.75, 3.05) is 0 Å². The van der Waals surface area contributed by atoms with Crippen LogP contribution in [0.1, 0.15) is 31.0 Å². The molecule has 0 amide bonds. The highest BCUT2D eigenvalue weighted by Gasteiger charge is 2.14. The van der Waals surface area contributed by atoms with Gasteiger partial charge in [0.1, 0.15) is 0 Å². The minimum absolute atomic E-state index is 0.155. The van der Waals surface area contributed by atoms with Gasteiger partial charge in [-0.1, -0.05) is 6.07 Å². The van der Waals surface area contributed by atoms with E-state index in [-0.39, 0.29) is 12.1 Å². The second-order valence-electron chi connectivity index (χ2n) is 5.16. The summed E-state index contributed by atoms with van der Waals surface area (Å²) in [6.45, 7) is 6.59. The summed E-state index contributed by atoms with van der Waals surface area (Å²) >= 11 is 0. The molecule has 2 rings (SSSR count). The number of aromatic nitrogens is 2. The zero-order valence-electron chi connectivity index (χ0n) is 11.9. The molecule has 2 unspecified atom stereocenters. The molecule has 0 bridgehead atoms. The van der Waals surface area contributed by atoms with Gasteiger partial charge in [-0.25, -0.2) is 8.78 Å². The Labute approximate surface area is 117 Å². The number of hydrogen-bond acceptors (Lipinski definition) is 2. The van der Waals surface area contributed by atoms with Gasteiger partial charge in [-0.3, -0.25) is 4.68 Å². The molecule has 20 heavy (non-hydrogen) atoms. The van der Waals surface area contributed by atoms with Crippen LogP contribution < -0.4 is 5.32 Å². The molecule has 3 nitrogen and oxygen atoms in total. The summed E-state index contributed by atoms with van der Waals surface area (Å²) in [6, 6.07) is 4.28. The Bertz CT molecular complexity index is 580. The van der Waals surface area contributed by atoms with Crippen molar-refractivity contribution in [2.24, 2.45) is 0 Å². The molecule has 0 aliphatic rings. The SMILES string of the molecule is Cc1cnn(C(C)C(C)NCc2ccc(F)c(F)c2)c1. The Morgan fingerprint density at radius 2 is 2.00 bits per heavy atom. The fourth-order valence-electron chi connectivity index (χ4n) is 1.98. The number of nitrogens with zero attached hydrogens (tertiary/aromatic N) is 2. The first-order valence-electron chi connectivity index (χ1n) is 6.65. The fraction of sp³-hybridized carbons (Fsp3) is 0.400. The van der Waals surface area contributed by atoms with E-state index in [1.807, 2.05) is 30.9 Å². The van der Waals surface area contributed by atoms with Crippen molar-refractivity contribution >= 4 is 0 Å². The molecule has 1 heterocycles. The predicted molar refractivity (Wildman–Crippen MR) is 74.3 cm³/mol. The number of rotatable bonds is 5. The Morgan fingerprint density at radius 3 is 2.60 bits per heavy atom. The van der Waals surface area contributed by atoms with Gasteiger partial charge in [-0.15, -0.1) is 0 Å². The number of hydrogen-bond donors (Lipinski definition) is 1. The summed E-state index contributed by atoms with van der Waals surface area (Å²) in [6.07, 6.45) is 3.80. The summed E-state index contributed by atoms with van der Waals surface area (Å²) in [7, 11) is 0. The van der Waals surface area contributed by atoms with Gasteiger partial charge in [-0.2, -0.15) is 5.10 Å². The monoisotopic (exact) mass is 279 g/mol. The molecule has 0 saturated carbocycles. The molecule has 0 spiro atoms. The average molecular weight is 279 g/mol. The third-order valence-corrected chi connectivity index (χ3v) is 3.48. The molecule has 0 radical (unpaired) electrons. The summed E-state index contributed by atoms with van der Waals surface area (Å²) in [5.74, 6) is -1.63. The maximum absolute atomic E-state index is 13.1. The maximum atomic E-state index is 13.1. The normalized spacial score (nSPS) is 14.2. The van der Waals surface area contributed by atoms with E-state index in [1.165, 1.54) is 6.07 Å². The highest BCUT2D eigenvalue weighted by atomic mass is 19.2. The van der Waals surface area contributed by atoms with E-state index in [1.54, 1.807) is 6.07 Å². The number of halogens is 2. The smallest absolute Gasteiger partial charge is 0.159 e. The Balaban J connectivity index is 1.94.